The largest absolute Gasteiger partial charge is 0.475 e. The number of aromatic nitrogens is 1. The first-order valence-electron chi connectivity index (χ1n) is 6.19. The quantitative estimate of drug-likeness (QED) is 0.748. The Bertz CT molecular complexity index is 350. The summed E-state index contributed by atoms with van der Waals surface area (Å²) in [6.07, 6.45) is 4.32. The fourth-order valence-corrected chi connectivity index (χ4v) is 1.89. The monoisotopic (exact) mass is 252 g/mol. The van der Waals surface area contributed by atoms with Crippen LogP contribution < -0.4 is 10.1 Å². The van der Waals surface area contributed by atoms with Crippen molar-refractivity contribution in [1.29, 1.82) is 0 Å². The molecule has 2 rings (SSSR count). The van der Waals surface area contributed by atoms with Crippen LogP contribution in [0.4, 0.5) is 5.69 Å². The first-order chi connectivity index (χ1) is 8.81. The standard InChI is InChI=1S/C13H20N2O3/c1-16-5-6-18-13-4-3-10(9-14-13)15-11-7-12(8-11)17-2/h3-4,9,11-12,15H,5-8H2,1-2H3. The van der Waals surface area contributed by atoms with E-state index >= 15 is 0 Å². The van der Waals surface area contributed by atoms with Gasteiger partial charge < -0.3 is 19.5 Å². The van der Waals surface area contributed by atoms with Crippen molar-refractivity contribution in [2.45, 2.75) is 25.0 Å². The molecule has 0 aromatic carbocycles. The van der Waals surface area contributed by atoms with Crippen molar-refractivity contribution in [3.63, 3.8) is 0 Å². The molecule has 18 heavy (non-hydrogen) atoms. The summed E-state index contributed by atoms with van der Waals surface area (Å²) in [7, 11) is 3.41. The summed E-state index contributed by atoms with van der Waals surface area (Å²) in [5, 5.41) is 3.41. The molecule has 0 amide bonds. The van der Waals surface area contributed by atoms with E-state index in [1.807, 2.05) is 12.1 Å². The Morgan fingerprint density at radius 3 is 2.72 bits per heavy atom. The summed E-state index contributed by atoms with van der Waals surface area (Å²) in [6.45, 7) is 1.09. The summed E-state index contributed by atoms with van der Waals surface area (Å²) in [5.74, 6) is 0.626. The molecule has 0 saturated heterocycles. The highest BCUT2D eigenvalue weighted by Gasteiger charge is 2.28. The van der Waals surface area contributed by atoms with Gasteiger partial charge >= 0.3 is 0 Å². The first kappa shape index (κ1) is 13.1. The number of ether oxygens (including phenoxy) is 3. The van der Waals surface area contributed by atoms with Gasteiger partial charge in [0.05, 0.1) is 24.6 Å². The number of pyridine rings is 1. The van der Waals surface area contributed by atoms with Crippen molar-refractivity contribution in [2.75, 3.05) is 32.8 Å². The van der Waals surface area contributed by atoms with Crippen molar-refractivity contribution < 1.29 is 14.2 Å². The van der Waals surface area contributed by atoms with Gasteiger partial charge in [-0.15, -0.1) is 0 Å². The van der Waals surface area contributed by atoms with Gasteiger partial charge in [-0.05, 0) is 18.9 Å². The first-order valence-corrected chi connectivity index (χ1v) is 6.19. The zero-order valence-corrected chi connectivity index (χ0v) is 10.9. The maximum atomic E-state index is 5.40. The maximum absolute atomic E-state index is 5.40. The van der Waals surface area contributed by atoms with Gasteiger partial charge in [0.25, 0.3) is 0 Å². The van der Waals surface area contributed by atoms with E-state index in [0.717, 1.165) is 18.5 Å². The second-order valence-electron chi connectivity index (χ2n) is 4.40. The number of methoxy groups -OCH3 is 2. The maximum Gasteiger partial charge on any atom is 0.213 e. The Morgan fingerprint density at radius 2 is 2.11 bits per heavy atom. The van der Waals surface area contributed by atoms with Gasteiger partial charge in [-0.1, -0.05) is 0 Å². The molecule has 0 aliphatic heterocycles. The molecule has 0 radical (unpaired) electrons. The molecule has 1 aromatic rings. The van der Waals surface area contributed by atoms with Crippen LogP contribution in [-0.2, 0) is 9.47 Å². The van der Waals surface area contributed by atoms with E-state index < -0.39 is 0 Å². The molecule has 0 unspecified atom stereocenters. The van der Waals surface area contributed by atoms with Gasteiger partial charge in [0.1, 0.15) is 6.61 Å². The lowest BCUT2D eigenvalue weighted by Crippen LogP contribution is -2.40. The molecule has 0 atom stereocenters. The van der Waals surface area contributed by atoms with Gasteiger partial charge in [-0.3, -0.25) is 0 Å². The number of nitrogens with zero attached hydrogens (tertiary/aromatic N) is 1. The molecule has 5 nitrogen and oxygen atoms in total. The van der Waals surface area contributed by atoms with Crippen LogP contribution >= 0.6 is 0 Å². The van der Waals surface area contributed by atoms with E-state index in [0.29, 0.717) is 31.2 Å². The van der Waals surface area contributed by atoms with E-state index in [-0.39, 0.29) is 0 Å². The van der Waals surface area contributed by atoms with Crippen molar-refractivity contribution in [3.8, 4) is 5.88 Å². The molecule has 5 heteroatoms. The molecule has 0 bridgehead atoms. The van der Waals surface area contributed by atoms with E-state index in [9.17, 15) is 0 Å². The Labute approximate surface area is 107 Å². The van der Waals surface area contributed by atoms with Crippen LogP contribution in [-0.4, -0.2) is 44.6 Å². The van der Waals surface area contributed by atoms with Gasteiger partial charge in [0.15, 0.2) is 0 Å². The summed E-state index contributed by atoms with van der Waals surface area (Å²) in [6, 6.07) is 4.34. The Kier molecular flexibility index (Phi) is 4.78. The molecule has 1 aliphatic rings. The normalized spacial score (nSPS) is 22.3. The number of anilines is 1. The lowest BCUT2D eigenvalue weighted by atomic mass is 9.89. The molecular weight excluding hydrogens is 232 g/mol. The smallest absolute Gasteiger partial charge is 0.213 e. The minimum Gasteiger partial charge on any atom is -0.475 e. The molecule has 1 heterocycles. The van der Waals surface area contributed by atoms with Gasteiger partial charge in [-0.2, -0.15) is 0 Å². The van der Waals surface area contributed by atoms with E-state index in [1.165, 1.54) is 0 Å². The van der Waals surface area contributed by atoms with Crippen LogP contribution in [0.5, 0.6) is 5.88 Å². The highest BCUT2D eigenvalue weighted by atomic mass is 16.5. The number of hydrogen-bond acceptors (Lipinski definition) is 5. The molecule has 100 valence electrons. The topological polar surface area (TPSA) is 52.6 Å². The predicted molar refractivity (Wildman–Crippen MR) is 69.0 cm³/mol. The molecule has 1 fully saturated rings. The Hall–Kier alpha value is -1.33. The van der Waals surface area contributed by atoms with Crippen molar-refractivity contribution in [3.05, 3.63) is 18.3 Å². The fraction of sp³-hybridized carbons (Fsp3) is 0.615. The zero-order chi connectivity index (χ0) is 12.8. The summed E-state index contributed by atoms with van der Waals surface area (Å²) < 4.78 is 15.5. The highest BCUT2D eigenvalue weighted by molar-refractivity contribution is 5.43. The average Bonchev–Trinajstić information content (AvgIpc) is 2.35. The summed E-state index contributed by atoms with van der Waals surface area (Å²) >= 11 is 0. The number of rotatable bonds is 7. The predicted octanol–water partition coefficient (Wildman–Crippen LogP) is 1.70. The summed E-state index contributed by atoms with van der Waals surface area (Å²) in [4.78, 5) is 4.23. The van der Waals surface area contributed by atoms with Gasteiger partial charge in [0.2, 0.25) is 5.88 Å². The minimum absolute atomic E-state index is 0.409. The Morgan fingerprint density at radius 1 is 1.28 bits per heavy atom. The third kappa shape index (κ3) is 3.58. The number of hydrogen-bond donors (Lipinski definition) is 1. The van der Waals surface area contributed by atoms with E-state index in [1.54, 1.807) is 20.4 Å². The van der Waals surface area contributed by atoms with Crippen LogP contribution in [0.15, 0.2) is 18.3 Å². The average molecular weight is 252 g/mol. The van der Waals surface area contributed by atoms with Crippen LogP contribution in [0.3, 0.4) is 0 Å². The highest BCUT2D eigenvalue weighted by Crippen LogP contribution is 2.26. The molecular formula is C13H20N2O3. The lowest BCUT2D eigenvalue weighted by Gasteiger charge is -2.35. The van der Waals surface area contributed by atoms with Crippen molar-refractivity contribution in [1.82, 2.24) is 4.98 Å². The van der Waals surface area contributed by atoms with Crippen LogP contribution in [0, 0.1) is 0 Å². The third-order valence-corrected chi connectivity index (χ3v) is 3.07. The molecule has 1 aromatic heterocycles. The van der Waals surface area contributed by atoms with E-state index in [4.69, 9.17) is 14.2 Å². The molecule has 1 aliphatic carbocycles. The van der Waals surface area contributed by atoms with Gasteiger partial charge in [0, 0.05) is 26.3 Å². The van der Waals surface area contributed by atoms with Crippen LogP contribution in [0.2, 0.25) is 0 Å². The van der Waals surface area contributed by atoms with Crippen molar-refractivity contribution >= 4 is 5.69 Å². The Balaban J connectivity index is 1.74. The van der Waals surface area contributed by atoms with Crippen LogP contribution in [0.25, 0.3) is 0 Å². The van der Waals surface area contributed by atoms with Gasteiger partial charge in [-0.25, -0.2) is 4.98 Å². The van der Waals surface area contributed by atoms with Crippen molar-refractivity contribution in [2.24, 2.45) is 0 Å². The molecule has 1 saturated carbocycles. The molecule has 1 N–H and O–H groups in total. The number of nitrogens with one attached hydrogen (secondary N) is 1. The molecule has 0 spiro atoms. The third-order valence-electron chi connectivity index (χ3n) is 3.07. The second kappa shape index (κ2) is 6.56. The fourth-order valence-electron chi connectivity index (χ4n) is 1.89. The van der Waals surface area contributed by atoms with Crippen LogP contribution in [0.1, 0.15) is 12.8 Å². The van der Waals surface area contributed by atoms with E-state index in [2.05, 4.69) is 10.3 Å². The second-order valence-corrected chi connectivity index (χ2v) is 4.40. The SMILES string of the molecule is COCCOc1ccc(NC2CC(OC)C2)cn1. The minimum atomic E-state index is 0.409. The summed E-state index contributed by atoms with van der Waals surface area (Å²) in [5.41, 5.74) is 1.02. The lowest BCUT2D eigenvalue weighted by molar-refractivity contribution is 0.0328. The zero-order valence-electron chi connectivity index (χ0n) is 10.9.